The second kappa shape index (κ2) is 6.56. The SMILES string of the molecule is COc1ccc([N+](=O)[O-])c(OC2CCCCCC2N)c1. The van der Waals surface area contributed by atoms with Crippen LogP contribution in [0.5, 0.6) is 11.5 Å². The Morgan fingerprint density at radius 1 is 1.30 bits per heavy atom. The normalized spacial score (nSPS) is 22.9. The predicted molar refractivity (Wildman–Crippen MR) is 75.1 cm³/mol. The lowest BCUT2D eigenvalue weighted by molar-refractivity contribution is -0.386. The summed E-state index contributed by atoms with van der Waals surface area (Å²) in [5.41, 5.74) is 6.04. The fraction of sp³-hybridized carbons (Fsp3) is 0.571. The molecule has 0 spiro atoms. The summed E-state index contributed by atoms with van der Waals surface area (Å²) in [5, 5.41) is 11.1. The number of nitro groups is 1. The van der Waals surface area contributed by atoms with Gasteiger partial charge in [-0.15, -0.1) is 0 Å². The second-order valence-electron chi connectivity index (χ2n) is 5.05. The van der Waals surface area contributed by atoms with E-state index in [0.717, 1.165) is 32.1 Å². The number of nitrogens with zero attached hydrogens (tertiary/aromatic N) is 1. The molecule has 0 bridgehead atoms. The van der Waals surface area contributed by atoms with E-state index in [4.69, 9.17) is 15.2 Å². The van der Waals surface area contributed by atoms with Crippen molar-refractivity contribution in [2.45, 2.75) is 44.2 Å². The predicted octanol–water partition coefficient (Wildman–Crippen LogP) is 2.64. The summed E-state index contributed by atoms with van der Waals surface area (Å²) in [4.78, 5) is 10.6. The molecule has 1 fully saturated rings. The highest BCUT2D eigenvalue weighted by atomic mass is 16.6. The number of nitro benzene ring substituents is 1. The first kappa shape index (κ1) is 14.6. The molecule has 0 heterocycles. The lowest BCUT2D eigenvalue weighted by Gasteiger charge is -2.22. The standard InChI is InChI=1S/C14H20N2O4/c1-19-10-7-8-12(16(17)18)14(9-10)20-13-6-4-2-3-5-11(13)15/h7-9,11,13H,2-6,15H2,1H3. The maximum Gasteiger partial charge on any atom is 0.311 e. The molecular formula is C14H20N2O4. The van der Waals surface area contributed by atoms with Crippen molar-refractivity contribution in [2.24, 2.45) is 5.73 Å². The van der Waals surface area contributed by atoms with Gasteiger partial charge in [-0.3, -0.25) is 10.1 Å². The van der Waals surface area contributed by atoms with Crippen molar-refractivity contribution < 1.29 is 14.4 Å². The molecule has 1 saturated carbocycles. The fourth-order valence-corrected chi connectivity index (χ4v) is 2.48. The molecule has 20 heavy (non-hydrogen) atoms. The van der Waals surface area contributed by atoms with E-state index in [2.05, 4.69) is 0 Å². The molecule has 2 rings (SSSR count). The molecule has 110 valence electrons. The number of ether oxygens (including phenoxy) is 2. The number of hydrogen-bond donors (Lipinski definition) is 1. The van der Waals surface area contributed by atoms with Gasteiger partial charge in [-0.1, -0.05) is 12.8 Å². The molecule has 2 unspecified atom stereocenters. The molecule has 1 aromatic rings. The van der Waals surface area contributed by atoms with Crippen molar-refractivity contribution in [1.29, 1.82) is 0 Å². The van der Waals surface area contributed by atoms with Crippen LogP contribution in [-0.2, 0) is 0 Å². The van der Waals surface area contributed by atoms with Crippen LogP contribution in [0, 0.1) is 10.1 Å². The van der Waals surface area contributed by atoms with Gasteiger partial charge in [0.25, 0.3) is 0 Å². The van der Waals surface area contributed by atoms with E-state index in [1.807, 2.05) is 0 Å². The maximum absolute atomic E-state index is 11.1. The van der Waals surface area contributed by atoms with Crippen LogP contribution in [0.3, 0.4) is 0 Å². The van der Waals surface area contributed by atoms with Gasteiger partial charge in [-0.05, 0) is 25.3 Å². The van der Waals surface area contributed by atoms with E-state index in [1.165, 1.54) is 13.2 Å². The summed E-state index contributed by atoms with van der Waals surface area (Å²) in [5.74, 6) is 0.768. The van der Waals surface area contributed by atoms with Gasteiger partial charge in [0.15, 0.2) is 0 Å². The lowest BCUT2D eigenvalue weighted by Crippen LogP contribution is -2.38. The largest absolute Gasteiger partial charge is 0.497 e. The Bertz CT molecular complexity index is 478. The molecule has 0 amide bonds. The van der Waals surface area contributed by atoms with Crippen molar-refractivity contribution in [3.8, 4) is 11.5 Å². The number of benzene rings is 1. The zero-order valence-corrected chi connectivity index (χ0v) is 11.6. The maximum atomic E-state index is 11.1. The molecule has 0 radical (unpaired) electrons. The van der Waals surface area contributed by atoms with E-state index in [1.54, 1.807) is 12.1 Å². The van der Waals surface area contributed by atoms with Crippen LogP contribution in [0.4, 0.5) is 5.69 Å². The average molecular weight is 280 g/mol. The Kier molecular flexibility index (Phi) is 4.79. The van der Waals surface area contributed by atoms with Crippen LogP contribution < -0.4 is 15.2 Å². The zero-order chi connectivity index (χ0) is 14.5. The minimum Gasteiger partial charge on any atom is -0.497 e. The third-order valence-electron chi connectivity index (χ3n) is 3.65. The average Bonchev–Trinajstić information content (AvgIpc) is 2.64. The first-order chi connectivity index (χ1) is 9.61. The molecule has 0 saturated heterocycles. The summed E-state index contributed by atoms with van der Waals surface area (Å²) in [6, 6.07) is 4.42. The summed E-state index contributed by atoms with van der Waals surface area (Å²) in [6.45, 7) is 0. The van der Waals surface area contributed by atoms with Gasteiger partial charge in [0.05, 0.1) is 12.0 Å². The molecule has 1 aliphatic carbocycles. The van der Waals surface area contributed by atoms with Crippen molar-refractivity contribution in [3.63, 3.8) is 0 Å². The van der Waals surface area contributed by atoms with Crippen molar-refractivity contribution in [1.82, 2.24) is 0 Å². The van der Waals surface area contributed by atoms with Crippen molar-refractivity contribution >= 4 is 5.69 Å². The smallest absolute Gasteiger partial charge is 0.311 e. The van der Waals surface area contributed by atoms with Crippen LogP contribution in [0.15, 0.2) is 18.2 Å². The molecule has 0 aromatic heterocycles. The monoisotopic (exact) mass is 280 g/mol. The van der Waals surface area contributed by atoms with Crippen molar-refractivity contribution in [2.75, 3.05) is 7.11 Å². The molecule has 2 N–H and O–H groups in total. The molecular weight excluding hydrogens is 260 g/mol. The Morgan fingerprint density at radius 3 is 2.75 bits per heavy atom. The lowest BCUT2D eigenvalue weighted by atomic mass is 10.1. The molecule has 6 heteroatoms. The number of rotatable bonds is 4. The van der Waals surface area contributed by atoms with Crippen LogP contribution in [-0.4, -0.2) is 24.2 Å². The molecule has 1 aliphatic rings. The van der Waals surface area contributed by atoms with Crippen LogP contribution in [0.25, 0.3) is 0 Å². The first-order valence-electron chi connectivity index (χ1n) is 6.86. The molecule has 1 aromatic carbocycles. The summed E-state index contributed by atoms with van der Waals surface area (Å²) < 4.78 is 10.9. The summed E-state index contributed by atoms with van der Waals surface area (Å²) in [7, 11) is 1.52. The van der Waals surface area contributed by atoms with Gasteiger partial charge in [0, 0.05) is 18.2 Å². The van der Waals surface area contributed by atoms with E-state index in [0.29, 0.717) is 5.75 Å². The van der Waals surface area contributed by atoms with E-state index in [-0.39, 0.29) is 23.6 Å². The Morgan fingerprint density at radius 2 is 2.05 bits per heavy atom. The Hall–Kier alpha value is -1.82. The summed E-state index contributed by atoms with van der Waals surface area (Å²) >= 11 is 0. The Labute approximate surface area is 118 Å². The van der Waals surface area contributed by atoms with Crippen LogP contribution in [0.2, 0.25) is 0 Å². The van der Waals surface area contributed by atoms with Gasteiger partial charge in [-0.25, -0.2) is 0 Å². The highest BCUT2D eigenvalue weighted by molar-refractivity contribution is 5.50. The minimum atomic E-state index is -0.447. The molecule has 6 nitrogen and oxygen atoms in total. The van der Waals surface area contributed by atoms with Gasteiger partial charge in [-0.2, -0.15) is 0 Å². The highest BCUT2D eigenvalue weighted by Gasteiger charge is 2.25. The Balaban J connectivity index is 2.23. The minimum absolute atomic E-state index is 0.0535. The van der Waals surface area contributed by atoms with Crippen LogP contribution >= 0.6 is 0 Å². The third kappa shape index (κ3) is 3.39. The number of hydrogen-bond acceptors (Lipinski definition) is 5. The van der Waals surface area contributed by atoms with E-state index in [9.17, 15) is 10.1 Å². The van der Waals surface area contributed by atoms with Gasteiger partial charge < -0.3 is 15.2 Å². The van der Waals surface area contributed by atoms with Gasteiger partial charge >= 0.3 is 5.69 Å². The zero-order valence-electron chi connectivity index (χ0n) is 11.6. The topological polar surface area (TPSA) is 87.6 Å². The highest BCUT2D eigenvalue weighted by Crippen LogP contribution is 2.33. The van der Waals surface area contributed by atoms with E-state index >= 15 is 0 Å². The molecule has 0 aliphatic heterocycles. The fourth-order valence-electron chi connectivity index (χ4n) is 2.48. The third-order valence-corrected chi connectivity index (χ3v) is 3.65. The second-order valence-corrected chi connectivity index (χ2v) is 5.05. The van der Waals surface area contributed by atoms with Gasteiger partial charge in [0.2, 0.25) is 5.75 Å². The van der Waals surface area contributed by atoms with E-state index < -0.39 is 4.92 Å². The number of nitrogens with two attached hydrogens (primary N) is 1. The van der Waals surface area contributed by atoms with Crippen LogP contribution in [0.1, 0.15) is 32.1 Å². The van der Waals surface area contributed by atoms with Gasteiger partial charge in [0.1, 0.15) is 11.9 Å². The van der Waals surface area contributed by atoms with Crippen molar-refractivity contribution in [3.05, 3.63) is 28.3 Å². The summed E-state index contributed by atoms with van der Waals surface area (Å²) in [6.07, 6.45) is 4.80. The first-order valence-corrected chi connectivity index (χ1v) is 6.86. The number of methoxy groups -OCH3 is 1. The molecule has 2 atom stereocenters. The quantitative estimate of drug-likeness (QED) is 0.520.